The number of ether oxygens (including phenoxy) is 3. The molecular formula is C12H14O6. The molecular weight excluding hydrogens is 240 g/mol. The summed E-state index contributed by atoms with van der Waals surface area (Å²) in [4.78, 5) is 10.9. The molecule has 0 fully saturated rings. The van der Waals surface area contributed by atoms with Gasteiger partial charge in [0.25, 0.3) is 0 Å². The highest BCUT2D eigenvalue weighted by atomic mass is 16.6. The molecule has 0 bridgehead atoms. The van der Waals surface area contributed by atoms with Crippen LogP contribution in [0.4, 0.5) is 0 Å². The number of methoxy groups -OCH3 is 1. The Kier molecular flexibility index (Phi) is 3.69. The van der Waals surface area contributed by atoms with Crippen molar-refractivity contribution in [3.63, 3.8) is 0 Å². The van der Waals surface area contributed by atoms with E-state index in [9.17, 15) is 9.90 Å². The van der Waals surface area contributed by atoms with Crippen molar-refractivity contribution in [1.29, 1.82) is 0 Å². The number of hydrogen-bond donors (Lipinski definition) is 2. The Bertz CT molecular complexity index is 456. The van der Waals surface area contributed by atoms with Gasteiger partial charge < -0.3 is 24.4 Å². The fraction of sp³-hybridized carbons (Fsp3) is 0.417. The number of carboxylic acid groups (broad SMARTS) is 1. The Morgan fingerprint density at radius 3 is 2.56 bits per heavy atom. The van der Waals surface area contributed by atoms with Crippen molar-refractivity contribution in [3.05, 3.63) is 23.3 Å². The maximum absolute atomic E-state index is 10.9. The van der Waals surface area contributed by atoms with Crippen molar-refractivity contribution in [2.75, 3.05) is 20.3 Å². The van der Waals surface area contributed by atoms with Crippen molar-refractivity contribution >= 4 is 5.97 Å². The summed E-state index contributed by atoms with van der Waals surface area (Å²) in [6.07, 6.45) is -1.61. The molecule has 0 aromatic heterocycles. The maximum Gasteiger partial charge on any atom is 0.337 e. The first-order chi connectivity index (χ1) is 8.63. The van der Waals surface area contributed by atoms with E-state index in [2.05, 4.69) is 0 Å². The number of hydrogen-bond acceptors (Lipinski definition) is 5. The van der Waals surface area contributed by atoms with Crippen molar-refractivity contribution in [1.82, 2.24) is 0 Å². The molecule has 1 aliphatic heterocycles. The highest BCUT2D eigenvalue weighted by molar-refractivity contribution is 5.75. The van der Waals surface area contributed by atoms with Gasteiger partial charge in [0.15, 0.2) is 17.6 Å². The average molecular weight is 254 g/mol. The van der Waals surface area contributed by atoms with E-state index >= 15 is 0 Å². The van der Waals surface area contributed by atoms with Gasteiger partial charge in [0.05, 0.1) is 6.61 Å². The molecule has 1 aliphatic rings. The third-order valence-electron chi connectivity index (χ3n) is 2.63. The Morgan fingerprint density at radius 2 is 2.00 bits per heavy atom. The molecule has 0 aliphatic carbocycles. The van der Waals surface area contributed by atoms with Gasteiger partial charge in [0, 0.05) is 12.7 Å². The predicted octanol–water partition coefficient (Wildman–Crippen LogP) is 0.722. The summed E-state index contributed by atoms with van der Waals surface area (Å²) < 4.78 is 15.7. The molecule has 2 N–H and O–H groups in total. The van der Waals surface area contributed by atoms with Crippen molar-refractivity contribution in [2.24, 2.45) is 0 Å². The van der Waals surface area contributed by atoms with Crippen LogP contribution in [0.5, 0.6) is 11.5 Å². The molecule has 0 saturated heterocycles. The van der Waals surface area contributed by atoms with E-state index in [-0.39, 0.29) is 12.2 Å². The molecule has 98 valence electrons. The first-order valence-electron chi connectivity index (χ1n) is 5.45. The summed E-state index contributed by atoms with van der Waals surface area (Å²) in [5.41, 5.74) is 0.824. The van der Waals surface area contributed by atoms with E-state index in [1.807, 2.05) is 0 Å². The number of aliphatic hydroxyl groups is 1. The van der Waals surface area contributed by atoms with Gasteiger partial charge in [-0.1, -0.05) is 0 Å². The summed E-state index contributed by atoms with van der Waals surface area (Å²) in [6, 6.07) is 3.13. The molecule has 0 amide bonds. The maximum atomic E-state index is 10.9. The minimum atomic E-state index is -1.61. The van der Waals surface area contributed by atoms with E-state index in [1.165, 1.54) is 13.2 Å². The van der Waals surface area contributed by atoms with Crippen LogP contribution in [0, 0.1) is 0 Å². The van der Waals surface area contributed by atoms with E-state index in [0.717, 1.165) is 0 Å². The number of aliphatic carboxylic acids is 1. The number of fused-ring (bicyclic) bond motifs is 1. The van der Waals surface area contributed by atoms with Gasteiger partial charge in [0.1, 0.15) is 13.2 Å². The molecule has 0 radical (unpaired) electrons. The van der Waals surface area contributed by atoms with Gasteiger partial charge >= 0.3 is 5.97 Å². The largest absolute Gasteiger partial charge is 0.486 e. The first-order valence-corrected chi connectivity index (χ1v) is 5.45. The molecule has 1 aromatic carbocycles. The van der Waals surface area contributed by atoms with Gasteiger partial charge in [-0.3, -0.25) is 0 Å². The van der Waals surface area contributed by atoms with Crippen LogP contribution in [0.2, 0.25) is 0 Å². The Morgan fingerprint density at radius 1 is 1.39 bits per heavy atom. The van der Waals surface area contributed by atoms with Crippen LogP contribution in [0.15, 0.2) is 12.1 Å². The molecule has 18 heavy (non-hydrogen) atoms. The minimum absolute atomic E-state index is 0.191. The zero-order chi connectivity index (χ0) is 13.1. The lowest BCUT2D eigenvalue weighted by Gasteiger charge is -2.21. The zero-order valence-electron chi connectivity index (χ0n) is 9.88. The zero-order valence-corrected chi connectivity index (χ0v) is 9.88. The number of rotatable bonds is 4. The van der Waals surface area contributed by atoms with E-state index in [0.29, 0.717) is 30.3 Å². The fourth-order valence-electron chi connectivity index (χ4n) is 1.81. The SMILES string of the molecule is COCc1cc2c(cc1C(O)C(=O)O)OCCO2. The van der Waals surface area contributed by atoms with Crippen LogP contribution in [-0.4, -0.2) is 36.5 Å². The Hall–Kier alpha value is -1.79. The minimum Gasteiger partial charge on any atom is -0.486 e. The van der Waals surface area contributed by atoms with E-state index < -0.39 is 12.1 Å². The van der Waals surface area contributed by atoms with Crippen LogP contribution in [0.25, 0.3) is 0 Å². The standard InChI is InChI=1S/C12H14O6/c1-16-6-7-4-9-10(18-3-2-17-9)5-8(7)11(13)12(14)15/h4-5,11,13H,2-3,6H2,1H3,(H,14,15). The number of aliphatic hydroxyl groups excluding tert-OH is 1. The number of benzene rings is 1. The van der Waals surface area contributed by atoms with Crippen LogP contribution in [-0.2, 0) is 16.1 Å². The van der Waals surface area contributed by atoms with Crippen LogP contribution in [0.3, 0.4) is 0 Å². The fourth-order valence-corrected chi connectivity index (χ4v) is 1.81. The third-order valence-corrected chi connectivity index (χ3v) is 2.63. The van der Waals surface area contributed by atoms with E-state index in [4.69, 9.17) is 19.3 Å². The average Bonchev–Trinajstić information content (AvgIpc) is 2.37. The lowest BCUT2D eigenvalue weighted by Crippen LogP contribution is -2.18. The van der Waals surface area contributed by atoms with Crippen molar-refractivity contribution in [3.8, 4) is 11.5 Å². The molecule has 1 heterocycles. The molecule has 1 aromatic rings. The van der Waals surface area contributed by atoms with Crippen molar-refractivity contribution in [2.45, 2.75) is 12.7 Å². The molecule has 6 heteroatoms. The van der Waals surface area contributed by atoms with Gasteiger partial charge in [-0.15, -0.1) is 0 Å². The summed E-state index contributed by atoms with van der Waals surface area (Å²) >= 11 is 0. The smallest absolute Gasteiger partial charge is 0.337 e. The second-order valence-corrected chi connectivity index (χ2v) is 3.87. The van der Waals surface area contributed by atoms with Gasteiger partial charge in [-0.25, -0.2) is 4.79 Å². The van der Waals surface area contributed by atoms with E-state index in [1.54, 1.807) is 6.07 Å². The van der Waals surface area contributed by atoms with Gasteiger partial charge in [0.2, 0.25) is 0 Å². The lowest BCUT2D eigenvalue weighted by atomic mass is 10.0. The number of carbonyl (C=O) groups is 1. The quantitative estimate of drug-likeness (QED) is 0.823. The normalized spacial score (nSPS) is 15.2. The van der Waals surface area contributed by atoms with Gasteiger partial charge in [-0.2, -0.15) is 0 Å². The highest BCUT2D eigenvalue weighted by Crippen LogP contribution is 2.35. The number of carboxylic acids is 1. The molecule has 1 atom stereocenters. The topological polar surface area (TPSA) is 85.2 Å². The van der Waals surface area contributed by atoms with Crippen LogP contribution in [0.1, 0.15) is 17.2 Å². The van der Waals surface area contributed by atoms with Crippen LogP contribution < -0.4 is 9.47 Å². The molecule has 1 unspecified atom stereocenters. The summed E-state index contributed by atoms with van der Waals surface area (Å²) in [7, 11) is 1.49. The Balaban J connectivity index is 2.44. The molecule has 0 spiro atoms. The molecule has 0 saturated carbocycles. The lowest BCUT2D eigenvalue weighted by molar-refractivity contribution is -0.147. The highest BCUT2D eigenvalue weighted by Gasteiger charge is 2.23. The predicted molar refractivity (Wildman–Crippen MR) is 60.7 cm³/mol. The summed E-state index contributed by atoms with van der Waals surface area (Å²) in [5.74, 6) is -0.338. The summed E-state index contributed by atoms with van der Waals surface area (Å²) in [6.45, 7) is 1.04. The second kappa shape index (κ2) is 5.24. The second-order valence-electron chi connectivity index (χ2n) is 3.87. The van der Waals surface area contributed by atoms with Crippen molar-refractivity contribution < 1.29 is 29.2 Å². The first kappa shape index (κ1) is 12.7. The van der Waals surface area contributed by atoms with Crippen LogP contribution >= 0.6 is 0 Å². The summed E-state index contributed by atoms with van der Waals surface area (Å²) in [5, 5.41) is 18.5. The molecule has 6 nitrogen and oxygen atoms in total. The molecule has 2 rings (SSSR count). The van der Waals surface area contributed by atoms with Gasteiger partial charge in [-0.05, 0) is 17.7 Å². The monoisotopic (exact) mass is 254 g/mol. The third kappa shape index (κ3) is 2.39. The Labute approximate surface area is 104 Å².